The van der Waals surface area contributed by atoms with Crippen molar-refractivity contribution in [2.24, 2.45) is 11.7 Å². The average molecular weight is 400 g/mol. The number of nitrogens with two attached hydrogens (primary N) is 2. The Kier molecular flexibility index (Phi) is 4.67. The molecule has 146 valence electrons. The lowest BCUT2D eigenvalue weighted by Gasteiger charge is -2.28. The number of primary amides is 1. The Morgan fingerprint density at radius 2 is 1.96 bits per heavy atom. The van der Waals surface area contributed by atoms with E-state index in [0.717, 1.165) is 31.4 Å². The summed E-state index contributed by atoms with van der Waals surface area (Å²) in [6, 6.07) is 0.117. The minimum Gasteiger partial charge on any atom is -0.382 e. The Morgan fingerprint density at radius 1 is 1.21 bits per heavy atom. The average Bonchev–Trinajstić information content (AvgIpc) is 3.28. The lowest BCUT2D eigenvalue weighted by molar-refractivity contribution is -0.121. The van der Waals surface area contributed by atoms with Crippen molar-refractivity contribution in [1.29, 1.82) is 0 Å². The first kappa shape index (κ1) is 18.3. The molecule has 11 heteroatoms. The van der Waals surface area contributed by atoms with Crippen LogP contribution in [-0.4, -0.2) is 36.3 Å². The van der Waals surface area contributed by atoms with Crippen molar-refractivity contribution in [3.05, 3.63) is 23.2 Å². The van der Waals surface area contributed by atoms with Crippen molar-refractivity contribution in [3.8, 4) is 0 Å². The first-order valence-corrected chi connectivity index (χ1v) is 9.83. The van der Waals surface area contributed by atoms with Gasteiger partial charge in [-0.15, -0.1) is 11.3 Å². The largest absolute Gasteiger partial charge is 0.382 e. The third kappa shape index (κ3) is 3.40. The predicted molar refractivity (Wildman–Crippen MR) is 105 cm³/mol. The van der Waals surface area contributed by atoms with E-state index in [2.05, 4.69) is 25.3 Å². The fraction of sp³-hybridized carbons (Fsp3) is 0.412. The van der Waals surface area contributed by atoms with E-state index >= 15 is 0 Å². The smallest absolute Gasteiger partial charge is 0.286 e. The molecular formula is C17H20N8O2S. The van der Waals surface area contributed by atoms with E-state index in [-0.39, 0.29) is 29.5 Å². The van der Waals surface area contributed by atoms with Crippen LogP contribution in [-0.2, 0) is 4.79 Å². The number of fused-ring (bicyclic) bond motifs is 1. The van der Waals surface area contributed by atoms with Crippen LogP contribution in [0.2, 0.25) is 0 Å². The van der Waals surface area contributed by atoms with Gasteiger partial charge in [0.2, 0.25) is 11.7 Å². The normalized spacial score (nSPS) is 19.6. The Labute approximate surface area is 164 Å². The lowest BCUT2D eigenvalue weighted by Crippen LogP contribution is -2.28. The third-order valence-corrected chi connectivity index (χ3v) is 5.85. The Morgan fingerprint density at radius 3 is 2.61 bits per heavy atom. The second-order valence-corrected chi connectivity index (χ2v) is 7.77. The molecule has 0 bridgehead atoms. The molecular weight excluding hydrogens is 380 g/mol. The van der Waals surface area contributed by atoms with Crippen LogP contribution < -0.4 is 16.8 Å². The molecule has 3 aromatic rings. The number of anilines is 2. The molecule has 0 spiro atoms. The molecule has 1 fully saturated rings. The van der Waals surface area contributed by atoms with Gasteiger partial charge in [0, 0.05) is 17.3 Å². The summed E-state index contributed by atoms with van der Waals surface area (Å²) in [6.45, 7) is 1.90. The number of carbonyl (C=O) groups excluding carboxylic acids is 2. The number of nitrogens with zero attached hydrogens (tertiary/aromatic N) is 5. The van der Waals surface area contributed by atoms with Gasteiger partial charge in [0.15, 0.2) is 16.6 Å². The van der Waals surface area contributed by atoms with Crippen LogP contribution in [0.1, 0.15) is 48.0 Å². The number of thiazole rings is 1. The number of aromatic nitrogens is 5. The van der Waals surface area contributed by atoms with Crippen LogP contribution in [0.5, 0.6) is 0 Å². The van der Waals surface area contributed by atoms with Gasteiger partial charge in [-0.1, -0.05) is 0 Å². The number of hydrogen-bond donors (Lipinski definition) is 3. The van der Waals surface area contributed by atoms with Gasteiger partial charge in [-0.05, 0) is 32.6 Å². The molecule has 0 radical (unpaired) electrons. The highest BCUT2D eigenvalue weighted by atomic mass is 32.1. The zero-order valence-corrected chi connectivity index (χ0v) is 16.1. The first-order valence-electron chi connectivity index (χ1n) is 8.95. The van der Waals surface area contributed by atoms with E-state index in [4.69, 9.17) is 11.5 Å². The van der Waals surface area contributed by atoms with Crippen LogP contribution in [0, 0.1) is 12.8 Å². The quantitative estimate of drug-likeness (QED) is 0.601. The van der Waals surface area contributed by atoms with Crippen molar-refractivity contribution in [2.45, 2.75) is 38.6 Å². The first-order chi connectivity index (χ1) is 13.4. The van der Waals surface area contributed by atoms with Gasteiger partial charge in [0.05, 0.1) is 12.0 Å². The molecule has 1 aliphatic carbocycles. The van der Waals surface area contributed by atoms with Crippen molar-refractivity contribution in [2.75, 3.05) is 11.1 Å². The molecule has 0 unspecified atom stereocenters. The number of carbonyl (C=O) groups is 2. The zero-order valence-electron chi connectivity index (χ0n) is 15.3. The maximum Gasteiger partial charge on any atom is 0.286 e. The summed E-state index contributed by atoms with van der Waals surface area (Å²) in [5.41, 5.74) is 13.0. The molecule has 1 saturated carbocycles. The highest BCUT2D eigenvalue weighted by molar-refractivity contribution is 7.13. The van der Waals surface area contributed by atoms with E-state index in [1.807, 2.05) is 16.9 Å². The van der Waals surface area contributed by atoms with Gasteiger partial charge in [-0.25, -0.2) is 19.9 Å². The molecule has 10 nitrogen and oxygen atoms in total. The molecule has 2 amide bonds. The number of amides is 2. The Hall–Kier alpha value is -3.08. The van der Waals surface area contributed by atoms with Gasteiger partial charge in [0.25, 0.3) is 5.91 Å². The summed E-state index contributed by atoms with van der Waals surface area (Å²) in [5.74, 6) is -0.788. The maximum absolute atomic E-state index is 12.5. The third-order valence-electron chi connectivity index (χ3n) is 4.98. The van der Waals surface area contributed by atoms with Crippen LogP contribution in [0.15, 0.2) is 11.7 Å². The standard InChI is InChI=1S/C17H20N8O2S/c1-8-6-28-17(21-8)24-16(27)9-2-4-10(5-3-9)25-7-20-11-12(18)22-14(13(19)26)23-15(11)25/h6-7,9-10H,2-5H2,1H3,(H2,19,26)(H2,18,22,23)(H,21,24,27). The van der Waals surface area contributed by atoms with Crippen LogP contribution in [0.4, 0.5) is 10.9 Å². The molecule has 3 aromatic heterocycles. The molecule has 3 heterocycles. The highest BCUT2D eigenvalue weighted by Gasteiger charge is 2.29. The molecule has 1 aliphatic rings. The number of nitrogens with one attached hydrogen (secondary N) is 1. The highest BCUT2D eigenvalue weighted by Crippen LogP contribution is 2.35. The summed E-state index contributed by atoms with van der Waals surface area (Å²) in [6.07, 6.45) is 4.71. The number of hydrogen-bond acceptors (Lipinski definition) is 8. The van der Waals surface area contributed by atoms with E-state index in [9.17, 15) is 9.59 Å². The van der Waals surface area contributed by atoms with Crippen molar-refractivity contribution < 1.29 is 9.59 Å². The molecule has 5 N–H and O–H groups in total. The summed E-state index contributed by atoms with van der Waals surface area (Å²) in [7, 11) is 0. The summed E-state index contributed by atoms with van der Waals surface area (Å²) in [4.78, 5) is 40.6. The maximum atomic E-state index is 12.5. The van der Waals surface area contributed by atoms with Gasteiger partial charge in [-0.2, -0.15) is 0 Å². The molecule has 4 rings (SSSR count). The molecule has 0 saturated heterocycles. The molecule has 0 aromatic carbocycles. The fourth-order valence-corrected chi connectivity index (χ4v) is 4.24. The number of nitrogen functional groups attached to an aromatic ring is 1. The van der Waals surface area contributed by atoms with E-state index in [1.54, 1.807) is 6.33 Å². The predicted octanol–water partition coefficient (Wildman–Crippen LogP) is 1.64. The second-order valence-electron chi connectivity index (χ2n) is 6.91. The van der Waals surface area contributed by atoms with Crippen molar-refractivity contribution >= 4 is 45.3 Å². The number of imidazole rings is 1. The summed E-state index contributed by atoms with van der Waals surface area (Å²) in [5, 5.41) is 5.44. The second kappa shape index (κ2) is 7.15. The lowest BCUT2D eigenvalue weighted by atomic mass is 9.85. The molecule has 28 heavy (non-hydrogen) atoms. The van der Waals surface area contributed by atoms with Crippen LogP contribution in [0.25, 0.3) is 11.2 Å². The number of aryl methyl sites for hydroxylation is 1. The Bertz CT molecular complexity index is 1050. The van der Waals surface area contributed by atoms with E-state index < -0.39 is 5.91 Å². The monoisotopic (exact) mass is 400 g/mol. The Balaban J connectivity index is 1.48. The summed E-state index contributed by atoms with van der Waals surface area (Å²) < 4.78 is 1.90. The summed E-state index contributed by atoms with van der Waals surface area (Å²) >= 11 is 1.43. The van der Waals surface area contributed by atoms with Crippen molar-refractivity contribution in [3.63, 3.8) is 0 Å². The van der Waals surface area contributed by atoms with Crippen LogP contribution in [0.3, 0.4) is 0 Å². The van der Waals surface area contributed by atoms with Gasteiger partial charge in [-0.3, -0.25) is 9.59 Å². The topological polar surface area (TPSA) is 155 Å². The fourth-order valence-electron chi connectivity index (χ4n) is 3.55. The zero-order chi connectivity index (χ0) is 19.8. The van der Waals surface area contributed by atoms with E-state index in [1.165, 1.54) is 11.3 Å². The van der Waals surface area contributed by atoms with Crippen LogP contribution >= 0.6 is 11.3 Å². The molecule has 0 aliphatic heterocycles. The van der Waals surface area contributed by atoms with E-state index in [0.29, 0.717) is 16.3 Å². The van der Waals surface area contributed by atoms with Gasteiger partial charge in [0.1, 0.15) is 5.52 Å². The SMILES string of the molecule is Cc1csc(NC(=O)C2CCC(n3cnc4c(N)nc(C(N)=O)nc43)CC2)n1. The van der Waals surface area contributed by atoms with Gasteiger partial charge >= 0.3 is 0 Å². The van der Waals surface area contributed by atoms with Gasteiger partial charge < -0.3 is 21.4 Å². The minimum absolute atomic E-state index is 0.00544. The van der Waals surface area contributed by atoms with Crippen molar-refractivity contribution in [1.82, 2.24) is 24.5 Å². The minimum atomic E-state index is -0.737. The molecule has 0 atom stereocenters. The number of rotatable bonds is 4.